The van der Waals surface area contributed by atoms with Crippen molar-refractivity contribution in [3.8, 4) is 11.1 Å². The molecule has 0 saturated carbocycles. The number of nitrogens with two attached hydrogens (primary N) is 2. The van der Waals surface area contributed by atoms with Crippen molar-refractivity contribution >= 4 is 16.8 Å². The van der Waals surface area contributed by atoms with Crippen molar-refractivity contribution in [2.75, 3.05) is 6.54 Å². The van der Waals surface area contributed by atoms with Crippen molar-refractivity contribution in [1.82, 2.24) is 4.98 Å². The Hall–Kier alpha value is -2.72. The van der Waals surface area contributed by atoms with E-state index in [1.807, 2.05) is 48.5 Å². The zero-order valence-corrected chi connectivity index (χ0v) is 12.0. The third-order valence-corrected chi connectivity index (χ3v) is 3.60. The summed E-state index contributed by atoms with van der Waals surface area (Å²) in [5, 5.41) is 1.02. The van der Waals surface area contributed by atoms with Gasteiger partial charge in [0.25, 0.3) is 0 Å². The van der Waals surface area contributed by atoms with E-state index in [0.717, 1.165) is 27.6 Å². The van der Waals surface area contributed by atoms with Crippen LogP contribution in [0.25, 0.3) is 22.0 Å². The highest BCUT2D eigenvalue weighted by molar-refractivity contribution is 6.05. The van der Waals surface area contributed by atoms with E-state index in [-0.39, 0.29) is 0 Å². The number of hydrogen-bond acceptors (Lipinski definition) is 3. The van der Waals surface area contributed by atoms with Crippen LogP contribution < -0.4 is 11.5 Å². The van der Waals surface area contributed by atoms with Crippen molar-refractivity contribution in [2.24, 2.45) is 11.5 Å². The molecule has 22 heavy (non-hydrogen) atoms. The van der Waals surface area contributed by atoms with Crippen LogP contribution >= 0.6 is 0 Å². The largest absolute Gasteiger partial charge is 0.366 e. The number of rotatable bonds is 4. The van der Waals surface area contributed by atoms with Gasteiger partial charge in [-0.1, -0.05) is 42.5 Å². The molecule has 0 saturated heterocycles. The van der Waals surface area contributed by atoms with Crippen molar-refractivity contribution in [2.45, 2.75) is 0 Å². The lowest BCUT2D eigenvalue weighted by atomic mass is 9.92. The Bertz CT molecular complexity index is 837. The molecular weight excluding hydrogens is 274 g/mol. The summed E-state index contributed by atoms with van der Waals surface area (Å²) in [4.78, 5) is 16.4. The van der Waals surface area contributed by atoms with Gasteiger partial charge in [0.2, 0.25) is 5.91 Å². The average Bonchev–Trinajstić information content (AvgIpc) is 2.54. The molecule has 109 valence electrons. The Morgan fingerprint density at radius 1 is 1.05 bits per heavy atom. The molecule has 1 radical (unpaired) electrons. The first-order chi connectivity index (χ1) is 10.7. The van der Waals surface area contributed by atoms with E-state index in [4.69, 9.17) is 11.5 Å². The minimum absolute atomic E-state index is 0.345. The van der Waals surface area contributed by atoms with Crippen LogP contribution in [0, 0.1) is 6.42 Å². The first kappa shape index (κ1) is 14.2. The molecule has 3 rings (SSSR count). The zero-order valence-electron chi connectivity index (χ0n) is 12.0. The number of amides is 1. The van der Waals surface area contributed by atoms with Crippen LogP contribution in [0.1, 0.15) is 15.9 Å². The maximum Gasteiger partial charge on any atom is 0.249 e. The predicted octanol–water partition coefficient (Wildman–Crippen LogP) is 2.51. The predicted molar refractivity (Wildman–Crippen MR) is 88.2 cm³/mol. The minimum atomic E-state index is -0.469. The highest BCUT2D eigenvalue weighted by Gasteiger charge is 2.16. The van der Waals surface area contributed by atoms with Gasteiger partial charge in [0.15, 0.2) is 0 Å². The third-order valence-electron chi connectivity index (χ3n) is 3.60. The van der Waals surface area contributed by atoms with Gasteiger partial charge in [-0.3, -0.25) is 9.78 Å². The van der Waals surface area contributed by atoms with Gasteiger partial charge < -0.3 is 11.5 Å². The molecule has 1 aromatic heterocycles. The van der Waals surface area contributed by atoms with Crippen molar-refractivity contribution in [3.63, 3.8) is 0 Å². The Labute approximate surface area is 128 Å². The molecule has 0 fully saturated rings. The fourth-order valence-corrected chi connectivity index (χ4v) is 2.69. The Kier molecular flexibility index (Phi) is 3.85. The van der Waals surface area contributed by atoms with Gasteiger partial charge in [0, 0.05) is 23.6 Å². The summed E-state index contributed by atoms with van der Waals surface area (Å²) in [5.74, 6) is -0.469. The molecule has 2 aromatic carbocycles. The van der Waals surface area contributed by atoms with Crippen LogP contribution in [0.2, 0.25) is 0 Å². The van der Waals surface area contributed by atoms with Gasteiger partial charge in [0.1, 0.15) is 0 Å². The van der Waals surface area contributed by atoms with Gasteiger partial charge in [-0.15, -0.1) is 0 Å². The molecule has 0 spiro atoms. The molecular formula is C18H16N3O. The number of carbonyl (C=O) groups is 1. The van der Waals surface area contributed by atoms with Crippen LogP contribution in [0.3, 0.4) is 0 Å². The number of para-hydroxylation sites is 1. The lowest BCUT2D eigenvalue weighted by Gasteiger charge is -2.13. The smallest absolute Gasteiger partial charge is 0.249 e. The summed E-state index contributed by atoms with van der Waals surface area (Å²) < 4.78 is 0. The van der Waals surface area contributed by atoms with E-state index in [0.29, 0.717) is 12.1 Å². The molecule has 0 aliphatic rings. The zero-order chi connectivity index (χ0) is 15.5. The van der Waals surface area contributed by atoms with E-state index in [1.165, 1.54) is 0 Å². The standard InChI is InChI=1S/C18H16N3O/c19-10-9-12-4-1-7-14(16(12)18(20)22)15-8-2-5-13-6-3-11-21-17(13)15/h1-9,11H,10,19H2,(H2,20,22). The number of hydrogen-bond donors (Lipinski definition) is 2. The van der Waals surface area contributed by atoms with Gasteiger partial charge in [-0.05, 0) is 23.7 Å². The van der Waals surface area contributed by atoms with E-state index in [1.54, 1.807) is 12.6 Å². The molecule has 3 aromatic rings. The molecule has 0 atom stereocenters. The summed E-state index contributed by atoms with van der Waals surface area (Å²) in [6.07, 6.45) is 3.54. The second kappa shape index (κ2) is 5.95. The molecule has 0 bridgehead atoms. The minimum Gasteiger partial charge on any atom is -0.366 e. The number of fused-ring (bicyclic) bond motifs is 1. The number of benzene rings is 2. The summed E-state index contributed by atoms with van der Waals surface area (Å²) in [5.41, 5.74) is 14.9. The summed E-state index contributed by atoms with van der Waals surface area (Å²) in [6, 6.07) is 15.4. The normalized spacial score (nSPS) is 10.8. The lowest BCUT2D eigenvalue weighted by Crippen LogP contribution is -2.16. The lowest BCUT2D eigenvalue weighted by molar-refractivity contribution is 0.100. The third kappa shape index (κ3) is 2.44. The number of primary amides is 1. The maximum atomic E-state index is 12.0. The number of pyridine rings is 1. The SMILES string of the molecule is NC[CH]c1cccc(-c2cccc3cccnc23)c1C(N)=O. The van der Waals surface area contributed by atoms with Crippen molar-refractivity contribution < 1.29 is 4.79 Å². The number of aromatic nitrogens is 1. The average molecular weight is 290 g/mol. The molecule has 1 heterocycles. The van der Waals surface area contributed by atoms with E-state index in [9.17, 15) is 4.79 Å². The molecule has 4 N–H and O–H groups in total. The van der Waals surface area contributed by atoms with E-state index >= 15 is 0 Å². The maximum absolute atomic E-state index is 12.0. The fraction of sp³-hybridized carbons (Fsp3) is 0.0556. The van der Waals surface area contributed by atoms with Crippen LogP contribution in [-0.4, -0.2) is 17.4 Å². The highest BCUT2D eigenvalue weighted by atomic mass is 16.1. The first-order valence-electron chi connectivity index (χ1n) is 7.02. The second-order valence-corrected chi connectivity index (χ2v) is 4.95. The first-order valence-corrected chi connectivity index (χ1v) is 7.02. The van der Waals surface area contributed by atoms with Gasteiger partial charge in [-0.25, -0.2) is 0 Å². The van der Waals surface area contributed by atoms with Crippen LogP contribution in [-0.2, 0) is 0 Å². The molecule has 4 heteroatoms. The van der Waals surface area contributed by atoms with Crippen molar-refractivity contribution in [1.29, 1.82) is 0 Å². The Morgan fingerprint density at radius 2 is 1.77 bits per heavy atom. The van der Waals surface area contributed by atoms with E-state index < -0.39 is 5.91 Å². The fourth-order valence-electron chi connectivity index (χ4n) is 2.69. The molecule has 4 nitrogen and oxygen atoms in total. The molecule has 0 aliphatic carbocycles. The van der Waals surface area contributed by atoms with Gasteiger partial charge in [-0.2, -0.15) is 0 Å². The quantitative estimate of drug-likeness (QED) is 0.774. The van der Waals surface area contributed by atoms with Crippen LogP contribution in [0.15, 0.2) is 54.7 Å². The van der Waals surface area contributed by atoms with Crippen molar-refractivity contribution in [3.05, 3.63) is 72.3 Å². The van der Waals surface area contributed by atoms with Crippen LogP contribution in [0.5, 0.6) is 0 Å². The highest BCUT2D eigenvalue weighted by Crippen LogP contribution is 2.31. The number of carbonyl (C=O) groups excluding carboxylic acids is 1. The summed E-state index contributed by atoms with van der Waals surface area (Å²) in [7, 11) is 0. The number of nitrogens with zero attached hydrogens (tertiary/aromatic N) is 1. The van der Waals surface area contributed by atoms with Crippen LogP contribution in [0.4, 0.5) is 0 Å². The topological polar surface area (TPSA) is 82.0 Å². The summed E-state index contributed by atoms with van der Waals surface area (Å²) >= 11 is 0. The monoisotopic (exact) mass is 290 g/mol. The van der Waals surface area contributed by atoms with Gasteiger partial charge in [0.05, 0.1) is 11.1 Å². The summed E-state index contributed by atoms with van der Waals surface area (Å²) in [6.45, 7) is 0.345. The van der Waals surface area contributed by atoms with Gasteiger partial charge >= 0.3 is 0 Å². The molecule has 0 aliphatic heterocycles. The van der Waals surface area contributed by atoms with E-state index in [2.05, 4.69) is 4.98 Å². The Morgan fingerprint density at radius 3 is 2.55 bits per heavy atom. The second-order valence-electron chi connectivity index (χ2n) is 4.95. The Balaban J connectivity index is 2.31. The molecule has 0 unspecified atom stereocenters. The molecule has 1 amide bonds.